The normalized spacial score (nSPS) is 10.6. The molecule has 0 bridgehead atoms. The van der Waals surface area contributed by atoms with Crippen molar-refractivity contribution in [2.45, 2.75) is 6.92 Å². The molecule has 2 aromatic rings. The molecule has 2 aromatic heterocycles. The van der Waals surface area contributed by atoms with Crippen molar-refractivity contribution in [1.82, 2.24) is 20.1 Å². The minimum Gasteiger partial charge on any atom is -0.478 e. The largest absolute Gasteiger partial charge is 0.478 e. The molecule has 0 fully saturated rings. The first-order valence-electron chi connectivity index (χ1n) is 5.95. The van der Waals surface area contributed by atoms with Gasteiger partial charge in [-0.1, -0.05) is 0 Å². The Kier molecular flexibility index (Phi) is 3.55. The Morgan fingerprint density at radius 2 is 2.15 bits per heavy atom. The number of carbonyl (C=O) groups is 2. The van der Waals surface area contributed by atoms with Gasteiger partial charge in [-0.2, -0.15) is 5.10 Å². The first-order chi connectivity index (χ1) is 9.45. The van der Waals surface area contributed by atoms with Crippen molar-refractivity contribution in [3.8, 4) is 0 Å². The van der Waals surface area contributed by atoms with E-state index in [2.05, 4.69) is 20.7 Å². The molecule has 20 heavy (non-hydrogen) atoms. The van der Waals surface area contributed by atoms with Crippen molar-refractivity contribution >= 4 is 28.6 Å². The van der Waals surface area contributed by atoms with E-state index in [4.69, 9.17) is 0 Å². The monoisotopic (exact) mass is 277 g/mol. The summed E-state index contributed by atoms with van der Waals surface area (Å²) >= 11 is 0. The number of likely N-dealkylation sites (N-methyl/N-ethyl adjacent to an activating group) is 1. The lowest BCUT2D eigenvalue weighted by atomic mass is 10.1. The molecule has 0 radical (unpaired) electrons. The molecule has 106 valence electrons. The number of fused-ring (bicyclic) bond motifs is 1. The zero-order valence-electron chi connectivity index (χ0n) is 11.4. The lowest BCUT2D eigenvalue weighted by Gasteiger charge is -2.10. The number of nitrogens with zero attached hydrogens (tertiary/aromatic N) is 3. The Labute approximate surface area is 114 Å². The van der Waals surface area contributed by atoms with Crippen molar-refractivity contribution in [1.29, 1.82) is 0 Å². The number of anilines is 1. The highest BCUT2D eigenvalue weighted by Crippen LogP contribution is 2.28. The van der Waals surface area contributed by atoms with E-state index in [9.17, 15) is 14.7 Å². The molecule has 0 aliphatic rings. The highest BCUT2D eigenvalue weighted by molar-refractivity contribution is 6.05. The third-order valence-corrected chi connectivity index (χ3v) is 2.96. The molecule has 0 spiro atoms. The SMILES string of the molecule is CNC(=O)CNc1c(C(=O)O)cnc2c1c(C)nn2C. The van der Waals surface area contributed by atoms with Gasteiger partial charge >= 0.3 is 5.97 Å². The molecule has 0 atom stereocenters. The number of hydrogen-bond acceptors (Lipinski definition) is 5. The van der Waals surface area contributed by atoms with Gasteiger partial charge < -0.3 is 15.7 Å². The van der Waals surface area contributed by atoms with Gasteiger partial charge in [-0.3, -0.25) is 9.48 Å². The Bertz CT molecular complexity index is 692. The number of carboxylic acids is 1. The first kappa shape index (κ1) is 13.8. The number of amides is 1. The Morgan fingerprint density at radius 3 is 2.75 bits per heavy atom. The molecule has 3 N–H and O–H groups in total. The van der Waals surface area contributed by atoms with E-state index in [1.54, 1.807) is 18.7 Å². The maximum atomic E-state index is 11.3. The molecule has 0 aliphatic carbocycles. The van der Waals surface area contributed by atoms with Gasteiger partial charge in [-0.25, -0.2) is 9.78 Å². The lowest BCUT2D eigenvalue weighted by molar-refractivity contribution is -0.118. The Morgan fingerprint density at radius 1 is 1.45 bits per heavy atom. The predicted octanol–water partition coefficient (Wildman–Crippen LogP) is 0.133. The van der Waals surface area contributed by atoms with Crippen LogP contribution >= 0.6 is 0 Å². The number of rotatable bonds is 4. The summed E-state index contributed by atoms with van der Waals surface area (Å²) in [6, 6.07) is 0. The van der Waals surface area contributed by atoms with Crippen LogP contribution in [0.25, 0.3) is 11.0 Å². The maximum Gasteiger partial charge on any atom is 0.339 e. The molecular formula is C12H15N5O3. The molecule has 0 aromatic carbocycles. The second-order valence-corrected chi connectivity index (χ2v) is 4.29. The lowest BCUT2D eigenvalue weighted by Crippen LogP contribution is -2.26. The standard InChI is InChI=1S/C12H15N5O3/c1-6-9-10(14-5-8(18)13-2)7(12(19)20)4-15-11(9)17(3)16-6/h4H,5H2,1-3H3,(H,13,18)(H,14,15)(H,19,20). The van der Waals surface area contributed by atoms with Gasteiger partial charge in [0.05, 0.1) is 23.3 Å². The summed E-state index contributed by atoms with van der Waals surface area (Å²) in [7, 11) is 3.24. The van der Waals surface area contributed by atoms with Crippen molar-refractivity contribution in [2.24, 2.45) is 7.05 Å². The van der Waals surface area contributed by atoms with Crippen LogP contribution in [-0.4, -0.2) is 45.3 Å². The number of carboxylic acid groups (broad SMARTS) is 1. The molecular weight excluding hydrogens is 262 g/mol. The number of carbonyl (C=O) groups excluding carboxylic acids is 1. The molecule has 0 aliphatic heterocycles. The van der Waals surface area contributed by atoms with E-state index >= 15 is 0 Å². The molecule has 8 nitrogen and oxygen atoms in total. The van der Waals surface area contributed by atoms with E-state index in [-0.39, 0.29) is 18.0 Å². The summed E-state index contributed by atoms with van der Waals surface area (Å²) in [6.07, 6.45) is 1.26. The van der Waals surface area contributed by atoms with Crippen LogP contribution in [0, 0.1) is 6.92 Å². The van der Waals surface area contributed by atoms with Crippen LogP contribution in [-0.2, 0) is 11.8 Å². The van der Waals surface area contributed by atoms with E-state index in [0.717, 1.165) is 0 Å². The number of aryl methyl sites for hydroxylation is 2. The van der Waals surface area contributed by atoms with Crippen LogP contribution in [0.15, 0.2) is 6.20 Å². The molecule has 0 unspecified atom stereocenters. The summed E-state index contributed by atoms with van der Waals surface area (Å²) in [5.74, 6) is -1.35. The fraction of sp³-hybridized carbons (Fsp3) is 0.333. The topological polar surface area (TPSA) is 109 Å². The van der Waals surface area contributed by atoms with Gasteiger partial charge in [0, 0.05) is 20.3 Å². The predicted molar refractivity (Wildman–Crippen MR) is 72.8 cm³/mol. The van der Waals surface area contributed by atoms with Crippen LogP contribution in [0.2, 0.25) is 0 Å². The average molecular weight is 277 g/mol. The summed E-state index contributed by atoms with van der Waals surface area (Å²) in [4.78, 5) is 26.7. The minimum absolute atomic E-state index is 0.0116. The van der Waals surface area contributed by atoms with Crippen molar-refractivity contribution in [3.05, 3.63) is 17.5 Å². The van der Waals surface area contributed by atoms with E-state index in [1.165, 1.54) is 13.2 Å². The summed E-state index contributed by atoms with van der Waals surface area (Å²) in [5.41, 5.74) is 1.58. The zero-order chi connectivity index (χ0) is 14.9. The van der Waals surface area contributed by atoms with Gasteiger partial charge in [0.25, 0.3) is 0 Å². The second kappa shape index (κ2) is 5.16. The van der Waals surface area contributed by atoms with E-state index in [1.807, 2.05) is 0 Å². The molecule has 2 rings (SSSR count). The summed E-state index contributed by atoms with van der Waals surface area (Å²) in [6.45, 7) is 1.74. The molecule has 2 heterocycles. The quantitative estimate of drug-likeness (QED) is 0.733. The van der Waals surface area contributed by atoms with E-state index in [0.29, 0.717) is 22.4 Å². The van der Waals surface area contributed by atoms with Crippen LogP contribution in [0.3, 0.4) is 0 Å². The average Bonchev–Trinajstić information content (AvgIpc) is 2.70. The maximum absolute atomic E-state index is 11.3. The second-order valence-electron chi connectivity index (χ2n) is 4.29. The molecule has 0 saturated heterocycles. The molecule has 8 heteroatoms. The third kappa shape index (κ3) is 2.27. The Balaban J connectivity index is 2.59. The van der Waals surface area contributed by atoms with Crippen molar-refractivity contribution in [2.75, 3.05) is 18.9 Å². The fourth-order valence-corrected chi connectivity index (χ4v) is 2.01. The smallest absolute Gasteiger partial charge is 0.339 e. The summed E-state index contributed by atoms with van der Waals surface area (Å²) in [5, 5.41) is 19.4. The van der Waals surface area contributed by atoms with Gasteiger partial charge in [-0.15, -0.1) is 0 Å². The fourth-order valence-electron chi connectivity index (χ4n) is 2.01. The zero-order valence-corrected chi connectivity index (χ0v) is 11.4. The van der Waals surface area contributed by atoms with Gasteiger partial charge in [0.1, 0.15) is 5.56 Å². The van der Waals surface area contributed by atoms with Crippen LogP contribution < -0.4 is 10.6 Å². The number of nitrogens with one attached hydrogen (secondary N) is 2. The third-order valence-electron chi connectivity index (χ3n) is 2.96. The van der Waals surface area contributed by atoms with Crippen molar-refractivity contribution < 1.29 is 14.7 Å². The molecule has 0 saturated carbocycles. The number of pyridine rings is 1. The number of aromatic carboxylic acids is 1. The van der Waals surface area contributed by atoms with E-state index < -0.39 is 5.97 Å². The van der Waals surface area contributed by atoms with Gasteiger partial charge in [0.15, 0.2) is 5.65 Å². The number of hydrogen-bond donors (Lipinski definition) is 3. The van der Waals surface area contributed by atoms with Gasteiger partial charge in [0.2, 0.25) is 5.91 Å². The minimum atomic E-state index is -1.11. The highest BCUT2D eigenvalue weighted by Gasteiger charge is 2.19. The van der Waals surface area contributed by atoms with Gasteiger partial charge in [-0.05, 0) is 6.92 Å². The first-order valence-corrected chi connectivity index (χ1v) is 5.95. The van der Waals surface area contributed by atoms with Crippen LogP contribution in [0.5, 0.6) is 0 Å². The summed E-state index contributed by atoms with van der Waals surface area (Å²) < 4.78 is 1.57. The van der Waals surface area contributed by atoms with Crippen LogP contribution in [0.1, 0.15) is 16.1 Å². The highest BCUT2D eigenvalue weighted by atomic mass is 16.4. The molecule has 1 amide bonds. The Hall–Kier alpha value is -2.64. The van der Waals surface area contributed by atoms with Crippen LogP contribution in [0.4, 0.5) is 5.69 Å². The van der Waals surface area contributed by atoms with Crippen molar-refractivity contribution in [3.63, 3.8) is 0 Å². The number of aromatic nitrogens is 3.